The summed E-state index contributed by atoms with van der Waals surface area (Å²) in [6.07, 6.45) is 4.83. The zero-order valence-corrected chi connectivity index (χ0v) is 15.0. The van der Waals surface area contributed by atoms with Crippen LogP contribution < -0.4 is 5.73 Å². The van der Waals surface area contributed by atoms with Crippen molar-refractivity contribution < 1.29 is 4.79 Å². The lowest BCUT2D eigenvalue weighted by Gasteiger charge is -2.28. The van der Waals surface area contributed by atoms with Gasteiger partial charge in [-0.2, -0.15) is 0 Å². The lowest BCUT2D eigenvalue weighted by atomic mass is 10.2. The van der Waals surface area contributed by atoms with E-state index in [1.807, 2.05) is 10.3 Å². The minimum atomic E-state index is 0. The Bertz CT molecular complexity index is 479. The second-order valence-corrected chi connectivity index (χ2v) is 6.58. The smallest absolute Gasteiger partial charge is 0.273 e. The van der Waals surface area contributed by atoms with Crippen molar-refractivity contribution >= 4 is 42.1 Å². The first-order valence-electron chi connectivity index (χ1n) is 7.45. The van der Waals surface area contributed by atoms with Crippen molar-refractivity contribution in [1.29, 1.82) is 0 Å². The first-order chi connectivity index (χ1) is 9.78. The second kappa shape index (κ2) is 9.03. The van der Waals surface area contributed by atoms with E-state index in [0.717, 1.165) is 30.9 Å². The number of carbonyl (C=O) groups excluding carboxylic acids is 1. The highest BCUT2D eigenvalue weighted by atomic mass is 35.5. The maximum absolute atomic E-state index is 12.6. The first-order valence-corrected chi connectivity index (χ1v) is 8.33. The summed E-state index contributed by atoms with van der Waals surface area (Å²) in [5, 5.41) is 2.68. The van der Waals surface area contributed by atoms with Gasteiger partial charge in [0.25, 0.3) is 5.91 Å². The molecule has 1 amide bonds. The molecule has 1 aromatic heterocycles. The number of thiazole rings is 1. The highest BCUT2D eigenvalue weighted by molar-refractivity contribution is 7.09. The molecule has 0 bridgehead atoms. The minimum absolute atomic E-state index is 0. The standard InChI is InChI=1S/C14H22N4OS.2ClH/c15-8-13-16-12(10-20-13)14(19)18-7-3-4-11(18)9-17-5-1-2-6-17;;/h10-11H,1-9,15H2;2*1H. The largest absolute Gasteiger partial charge is 0.333 e. The van der Waals surface area contributed by atoms with E-state index >= 15 is 0 Å². The molecule has 8 heteroatoms. The molecule has 0 aliphatic carbocycles. The van der Waals surface area contributed by atoms with Crippen LogP contribution in [0.25, 0.3) is 0 Å². The van der Waals surface area contributed by atoms with Gasteiger partial charge in [-0.25, -0.2) is 4.98 Å². The molecule has 1 unspecified atom stereocenters. The molecule has 2 saturated heterocycles. The molecule has 3 heterocycles. The van der Waals surface area contributed by atoms with Gasteiger partial charge in [-0.3, -0.25) is 4.79 Å². The van der Waals surface area contributed by atoms with Crippen molar-refractivity contribution in [3.63, 3.8) is 0 Å². The molecule has 2 aliphatic rings. The Morgan fingerprint density at radius 2 is 2.00 bits per heavy atom. The Balaban J connectivity index is 0.00000121. The van der Waals surface area contributed by atoms with E-state index in [-0.39, 0.29) is 30.7 Å². The molecule has 3 rings (SSSR count). The van der Waals surface area contributed by atoms with E-state index < -0.39 is 0 Å². The number of rotatable bonds is 4. The number of hydrogen-bond acceptors (Lipinski definition) is 5. The van der Waals surface area contributed by atoms with E-state index in [4.69, 9.17) is 5.73 Å². The molecule has 1 aromatic rings. The molecule has 0 radical (unpaired) electrons. The average Bonchev–Trinajstić information content (AvgIpc) is 3.20. The van der Waals surface area contributed by atoms with Crippen molar-refractivity contribution in [3.8, 4) is 0 Å². The van der Waals surface area contributed by atoms with Crippen LogP contribution in [0.4, 0.5) is 0 Å². The van der Waals surface area contributed by atoms with Crippen LogP contribution in [-0.4, -0.2) is 52.9 Å². The molecular weight excluding hydrogens is 343 g/mol. The topological polar surface area (TPSA) is 62.5 Å². The van der Waals surface area contributed by atoms with Crippen molar-refractivity contribution in [3.05, 3.63) is 16.1 Å². The quantitative estimate of drug-likeness (QED) is 0.886. The van der Waals surface area contributed by atoms with Gasteiger partial charge in [0.1, 0.15) is 10.7 Å². The van der Waals surface area contributed by atoms with Gasteiger partial charge in [-0.15, -0.1) is 36.2 Å². The van der Waals surface area contributed by atoms with Crippen molar-refractivity contribution in [2.75, 3.05) is 26.2 Å². The van der Waals surface area contributed by atoms with Crippen LogP contribution in [0.2, 0.25) is 0 Å². The number of amides is 1. The zero-order chi connectivity index (χ0) is 13.9. The van der Waals surface area contributed by atoms with Crippen LogP contribution in [0.3, 0.4) is 0 Å². The molecule has 0 saturated carbocycles. The summed E-state index contributed by atoms with van der Waals surface area (Å²) in [5.74, 6) is 0.0858. The van der Waals surface area contributed by atoms with E-state index in [1.54, 1.807) is 0 Å². The monoisotopic (exact) mass is 366 g/mol. The Morgan fingerprint density at radius 3 is 2.64 bits per heavy atom. The van der Waals surface area contributed by atoms with Gasteiger partial charge in [-0.05, 0) is 38.8 Å². The lowest BCUT2D eigenvalue weighted by molar-refractivity contribution is 0.0703. The van der Waals surface area contributed by atoms with Gasteiger partial charge < -0.3 is 15.5 Å². The fourth-order valence-corrected chi connectivity index (χ4v) is 3.85. The van der Waals surface area contributed by atoms with Crippen molar-refractivity contribution in [2.45, 2.75) is 38.3 Å². The molecule has 0 aromatic carbocycles. The summed E-state index contributed by atoms with van der Waals surface area (Å²) < 4.78 is 0. The average molecular weight is 367 g/mol. The number of nitrogens with two attached hydrogens (primary N) is 1. The van der Waals surface area contributed by atoms with E-state index in [0.29, 0.717) is 18.3 Å². The van der Waals surface area contributed by atoms with Gasteiger partial charge >= 0.3 is 0 Å². The Hall–Kier alpha value is -0.400. The third-order valence-electron chi connectivity index (χ3n) is 4.25. The van der Waals surface area contributed by atoms with Gasteiger partial charge in [-0.1, -0.05) is 0 Å². The number of aromatic nitrogens is 1. The van der Waals surface area contributed by atoms with Crippen LogP contribution >= 0.6 is 36.2 Å². The van der Waals surface area contributed by atoms with E-state index in [2.05, 4.69) is 9.88 Å². The fraction of sp³-hybridized carbons (Fsp3) is 0.714. The number of carbonyl (C=O) groups is 1. The maximum atomic E-state index is 12.6. The highest BCUT2D eigenvalue weighted by Gasteiger charge is 2.32. The molecule has 1 atom stereocenters. The molecule has 2 N–H and O–H groups in total. The Labute approximate surface area is 148 Å². The summed E-state index contributed by atoms with van der Waals surface area (Å²) in [4.78, 5) is 21.4. The normalized spacial score (nSPS) is 21.5. The molecule has 5 nitrogen and oxygen atoms in total. The van der Waals surface area contributed by atoms with Crippen molar-refractivity contribution in [1.82, 2.24) is 14.8 Å². The molecule has 126 valence electrons. The summed E-state index contributed by atoms with van der Waals surface area (Å²) in [6.45, 7) is 4.68. The van der Waals surface area contributed by atoms with Gasteiger partial charge in [0.2, 0.25) is 0 Å². The Kier molecular flexibility index (Phi) is 8.07. The number of nitrogens with zero attached hydrogens (tertiary/aromatic N) is 3. The predicted molar refractivity (Wildman–Crippen MR) is 94.2 cm³/mol. The van der Waals surface area contributed by atoms with Crippen LogP contribution in [0, 0.1) is 0 Å². The summed E-state index contributed by atoms with van der Waals surface area (Å²) in [6, 6.07) is 0.364. The first kappa shape index (κ1) is 19.6. The Morgan fingerprint density at radius 1 is 1.27 bits per heavy atom. The van der Waals surface area contributed by atoms with Crippen LogP contribution in [0.5, 0.6) is 0 Å². The highest BCUT2D eigenvalue weighted by Crippen LogP contribution is 2.23. The molecule has 22 heavy (non-hydrogen) atoms. The molecule has 2 aliphatic heterocycles. The summed E-state index contributed by atoms with van der Waals surface area (Å²) in [7, 11) is 0. The van der Waals surface area contributed by atoms with Gasteiger partial charge in [0.05, 0.1) is 0 Å². The third kappa shape index (κ3) is 4.32. The zero-order valence-electron chi connectivity index (χ0n) is 12.6. The lowest BCUT2D eigenvalue weighted by Crippen LogP contribution is -2.42. The summed E-state index contributed by atoms with van der Waals surface area (Å²) >= 11 is 1.48. The van der Waals surface area contributed by atoms with Gasteiger partial charge in [0, 0.05) is 31.1 Å². The summed E-state index contributed by atoms with van der Waals surface area (Å²) in [5.41, 5.74) is 6.14. The predicted octanol–water partition coefficient (Wildman–Crippen LogP) is 2.15. The number of halogens is 2. The van der Waals surface area contributed by atoms with Crippen LogP contribution in [0.1, 0.15) is 41.2 Å². The fourth-order valence-electron chi connectivity index (χ4n) is 3.21. The number of likely N-dealkylation sites (tertiary alicyclic amines) is 2. The molecular formula is C14H24Cl2N4OS. The number of hydrogen-bond donors (Lipinski definition) is 1. The van der Waals surface area contributed by atoms with Crippen molar-refractivity contribution in [2.24, 2.45) is 5.73 Å². The minimum Gasteiger partial charge on any atom is -0.333 e. The van der Waals surface area contributed by atoms with E-state index in [1.165, 1.54) is 37.3 Å². The maximum Gasteiger partial charge on any atom is 0.273 e. The third-order valence-corrected chi connectivity index (χ3v) is 5.12. The second-order valence-electron chi connectivity index (χ2n) is 5.63. The van der Waals surface area contributed by atoms with Crippen LogP contribution in [-0.2, 0) is 6.54 Å². The van der Waals surface area contributed by atoms with E-state index in [9.17, 15) is 4.79 Å². The molecule has 0 spiro atoms. The van der Waals surface area contributed by atoms with Gasteiger partial charge in [0.15, 0.2) is 0 Å². The van der Waals surface area contributed by atoms with Crippen LogP contribution in [0.15, 0.2) is 5.38 Å². The molecule has 2 fully saturated rings. The SMILES string of the molecule is Cl.Cl.NCc1nc(C(=O)N2CCCC2CN2CCCC2)cs1.